The van der Waals surface area contributed by atoms with Crippen LogP contribution >= 0.6 is 27.3 Å². The lowest BCUT2D eigenvalue weighted by atomic mass is 10.1. The molecule has 0 saturated heterocycles. The highest BCUT2D eigenvalue weighted by Crippen LogP contribution is 2.34. The van der Waals surface area contributed by atoms with Crippen LogP contribution in [-0.4, -0.2) is 11.1 Å². The van der Waals surface area contributed by atoms with Crippen molar-refractivity contribution in [3.63, 3.8) is 0 Å². The van der Waals surface area contributed by atoms with Crippen molar-refractivity contribution in [1.82, 2.24) is 0 Å². The Bertz CT molecular complexity index is 516. The Morgan fingerprint density at radius 3 is 2.86 bits per heavy atom. The van der Waals surface area contributed by atoms with Gasteiger partial charge in [-0.05, 0) is 28.4 Å². The summed E-state index contributed by atoms with van der Waals surface area (Å²) in [5.74, 6) is -0.859. The molecule has 2 aromatic rings. The summed E-state index contributed by atoms with van der Waals surface area (Å²) in [7, 11) is 0. The highest BCUT2D eigenvalue weighted by molar-refractivity contribution is 9.10. The normalized spacial score (nSPS) is 10.7. The summed E-state index contributed by atoms with van der Waals surface area (Å²) < 4.78 is 1.80. The quantitative estimate of drug-likeness (QED) is 0.859. The van der Waals surface area contributed by atoms with Crippen molar-refractivity contribution in [3.8, 4) is 0 Å². The van der Waals surface area contributed by atoms with Gasteiger partial charge in [-0.15, -0.1) is 11.3 Å². The first-order valence-electron chi connectivity index (χ1n) is 4.01. The fraction of sp³-hybridized carbons (Fsp3) is 0.100. The van der Waals surface area contributed by atoms with Crippen molar-refractivity contribution in [1.29, 1.82) is 0 Å². The van der Waals surface area contributed by atoms with Crippen LogP contribution in [0.15, 0.2) is 22.0 Å². The molecule has 2 rings (SSSR count). The van der Waals surface area contributed by atoms with Gasteiger partial charge >= 0.3 is 5.97 Å². The average Bonchev–Trinajstić information content (AvgIpc) is 2.47. The van der Waals surface area contributed by atoms with Crippen LogP contribution < -0.4 is 0 Å². The van der Waals surface area contributed by atoms with Crippen molar-refractivity contribution in [2.75, 3.05) is 0 Å². The summed E-state index contributed by atoms with van der Waals surface area (Å²) in [6, 6.07) is 3.78. The minimum absolute atomic E-state index is 0.415. The Balaban J connectivity index is 2.90. The molecule has 0 fully saturated rings. The number of carboxylic acids is 1. The van der Waals surface area contributed by atoms with Gasteiger partial charge in [-0.3, -0.25) is 0 Å². The maximum Gasteiger partial charge on any atom is 0.337 e. The minimum atomic E-state index is -0.859. The standard InChI is InChI=1S/C10H7BrO2S/c1-5-2-3-6-7(11)4-14-9(6)8(5)10(12)13/h2-4H,1H3,(H,12,13). The smallest absolute Gasteiger partial charge is 0.337 e. The number of halogens is 1. The van der Waals surface area contributed by atoms with E-state index in [4.69, 9.17) is 5.11 Å². The molecule has 1 aromatic carbocycles. The molecule has 0 amide bonds. The fourth-order valence-electron chi connectivity index (χ4n) is 1.43. The fourth-order valence-corrected chi connectivity index (χ4v) is 3.19. The molecule has 14 heavy (non-hydrogen) atoms. The second kappa shape index (κ2) is 3.37. The van der Waals surface area contributed by atoms with Crippen LogP contribution in [-0.2, 0) is 0 Å². The van der Waals surface area contributed by atoms with E-state index in [-0.39, 0.29) is 0 Å². The summed E-state index contributed by atoms with van der Waals surface area (Å²) in [6.45, 7) is 1.82. The maximum absolute atomic E-state index is 11.0. The van der Waals surface area contributed by atoms with E-state index in [0.29, 0.717) is 5.56 Å². The lowest BCUT2D eigenvalue weighted by Gasteiger charge is -2.01. The van der Waals surface area contributed by atoms with E-state index < -0.39 is 5.97 Å². The molecule has 1 N–H and O–H groups in total. The van der Waals surface area contributed by atoms with Crippen LogP contribution in [0, 0.1) is 6.92 Å². The molecule has 0 aliphatic carbocycles. The van der Waals surface area contributed by atoms with E-state index in [9.17, 15) is 4.79 Å². The number of aromatic carboxylic acids is 1. The third-order valence-corrected chi connectivity index (χ3v) is 4.09. The van der Waals surface area contributed by atoms with Gasteiger partial charge in [-0.1, -0.05) is 12.1 Å². The van der Waals surface area contributed by atoms with Gasteiger partial charge in [0.05, 0.1) is 10.3 Å². The number of carboxylic acid groups (broad SMARTS) is 1. The van der Waals surface area contributed by atoms with Gasteiger partial charge in [0, 0.05) is 15.2 Å². The Labute approximate surface area is 93.3 Å². The molecule has 0 aliphatic rings. The first-order chi connectivity index (χ1) is 6.61. The zero-order valence-corrected chi connectivity index (χ0v) is 9.78. The van der Waals surface area contributed by atoms with E-state index in [2.05, 4.69) is 15.9 Å². The summed E-state index contributed by atoms with van der Waals surface area (Å²) in [4.78, 5) is 11.0. The largest absolute Gasteiger partial charge is 0.478 e. The number of fused-ring (bicyclic) bond motifs is 1. The van der Waals surface area contributed by atoms with Gasteiger partial charge in [-0.25, -0.2) is 4.79 Å². The molecular formula is C10H7BrO2S. The third kappa shape index (κ3) is 1.35. The number of benzene rings is 1. The number of hydrogen-bond donors (Lipinski definition) is 1. The summed E-state index contributed by atoms with van der Waals surface area (Å²) in [5.41, 5.74) is 1.22. The molecule has 72 valence electrons. The topological polar surface area (TPSA) is 37.3 Å². The van der Waals surface area contributed by atoms with Crippen molar-refractivity contribution < 1.29 is 9.90 Å². The number of rotatable bonds is 1. The molecule has 0 saturated carbocycles. The van der Waals surface area contributed by atoms with Crippen LogP contribution in [0.1, 0.15) is 15.9 Å². The number of thiophene rings is 1. The Hall–Kier alpha value is -0.870. The molecule has 0 atom stereocenters. The predicted octanol–water partition coefficient (Wildman–Crippen LogP) is 3.67. The SMILES string of the molecule is Cc1ccc2c(Br)csc2c1C(=O)O. The second-order valence-corrected chi connectivity index (χ2v) is 4.76. The lowest BCUT2D eigenvalue weighted by molar-refractivity contribution is 0.0698. The highest BCUT2D eigenvalue weighted by Gasteiger charge is 2.14. The van der Waals surface area contributed by atoms with Gasteiger partial charge in [0.1, 0.15) is 0 Å². The Morgan fingerprint density at radius 2 is 2.21 bits per heavy atom. The summed E-state index contributed by atoms with van der Waals surface area (Å²) in [5, 5.41) is 11.9. The number of carbonyl (C=O) groups is 1. The third-order valence-electron chi connectivity index (χ3n) is 2.12. The molecule has 0 unspecified atom stereocenters. The van der Waals surface area contributed by atoms with Gasteiger partial charge in [-0.2, -0.15) is 0 Å². The molecule has 2 nitrogen and oxygen atoms in total. The lowest BCUT2D eigenvalue weighted by Crippen LogP contribution is -1.99. The maximum atomic E-state index is 11.0. The molecule has 0 aliphatic heterocycles. The average molecular weight is 271 g/mol. The first-order valence-corrected chi connectivity index (χ1v) is 5.68. The van der Waals surface area contributed by atoms with E-state index in [1.807, 2.05) is 24.4 Å². The van der Waals surface area contributed by atoms with Gasteiger partial charge in [0.2, 0.25) is 0 Å². The highest BCUT2D eigenvalue weighted by atomic mass is 79.9. The minimum Gasteiger partial charge on any atom is -0.478 e. The second-order valence-electron chi connectivity index (χ2n) is 3.02. The monoisotopic (exact) mass is 270 g/mol. The van der Waals surface area contributed by atoms with Crippen molar-refractivity contribution in [2.45, 2.75) is 6.92 Å². The van der Waals surface area contributed by atoms with Crippen LogP contribution in [0.2, 0.25) is 0 Å². The van der Waals surface area contributed by atoms with Crippen LogP contribution in [0.5, 0.6) is 0 Å². The molecule has 4 heteroatoms. The van der Waals surface area contributed by atoms with Gasteiger partial charge < -0.3 is 5.11 Å². The van der Waals surface area contributed by atoms with E-state index >= 15 is 0 Å². The van der Waals surface area contributed by atoms with Crippen LogP contribution in [0.25, 0.3) is 10.1 Å². The van der Waals surface area contributed by atoms with Crippen LogP contribution in [0.3, 0.4) is 0 Å². The van der Waals surface area contributed by atoms with E-state index in [1.54, 1.807) is 0 Å². The number of aryl methyl sites for hydroxylation is 1. The van der Waals surface area contributed by atoms with Gasteiger partial charge in [0.25, 0.3) is 0 Å². The zero-order chi connectivity index (χ0) is 10.3. The van der Waals surface area contributed by atoms with E-state index in [1.165, 1.54) is 11.3 Å². The Kier molecular flexibility index (Phi) is 2.33. The predicted molar refractivity (Wildman–Crippen MR) is 61.2 cm³/mol. The number of hydrogen-bond acceptors (Lipinski definition) is 2. The van der Waals surface area contributed by atoms with E-state index in [0.717, 1.165) is 20.1 Å². The molecule has 0 bridgehead atoms. The summed E-state index contributed by atoms with van der Waals surface area (Å²) in [6.07, 6.45) is 0. The van der Waals surface area contributed by atoms with Gasteiger partial charge in [0.15, 0.2) is 0 Å². The van der Waals surface area contributed by atoms with Crippen molar-refractivity contribution in [3.05, 3.63) is 33.1 Å². The first kappa shape index (κ1) is 9.68. The van der Waals surface area contributed by atoms with Crippen molar-refractivity contribution in [2.24, 2.45) is 0 Å². The molecule has 0 radical (unpaired) electrons. The molecule has 0 spiro atoms. The van der Waals surface area contributed by atoms with Crippen LogP contribution in [0.4, 0.5) is 0 Å². The molecule has 1 aromatic heterocycles. The molecular weight excluding hydrogens is 264 g/mol. The zero-order valence-electron chi connectivity index (χ0n) is 7.37. The summed E-state index contributed by atoms with van der Waals surface area (Å²) >= 11 is 4.85. The Morgan fingerprint density at radius 1 is 1.50 bits per heavy atom. The molecule has 1 heterocycles. The van der Waals surface area contributed by atoms with Crippen molar-refractivity contribution >= 4 is 43.3 Å².